The molecule has 0 spiro atoms. The Labute approximate surface area is 67.6 Å². The molecule has 0 bridgehead atoms. The molecule has 0 radical (unpaired) electrons. The zero-order valence-electron chi connectivity index (χ0n) is 7.09. The van der Waals surface area contributed by atoms with Crippen LogP contribution in [0.1, 0.15) is 26.2 Å². The van der Waals surface area contributed by atoms with E-state index in [1.807, 2.05) is 6.92 Å². The molecule has 0 aromatic heterocycles. The third-order valence-corrected chi connectivity index (χ3v) is 2.96. The van der Waals surface area contributed by atoms with Gasteiger partial charge in [0.05, 0.1) is 0 Å². The molecule has 2 aliphatic rings. The molecule has 1 saturated heterocycles. The highest BCUT2D eigenvalue weighted by Gasteiger charge is 2.34. The molecule has 2 heteroatoms. The Balaban J connectivity index is 1.86. The van der Waals surface area contributed by atoms with Crippen LogP contribution in [0.2, 0.25) is 0 Å². The molecular formula is C9H16FN. The minimum atomic E-state index is -0.565. The summed E-state index contributed by atoms with van der Waals surface area (Å²) in [5, 5.41) is 0. The second-order valence-corrected chi connectivity index (χ2v) is 4.01. The number of nitrogens with zero attached hydrogens (tertiary/aromatic N) is 1. The molecule has 11 heavy (non-hydrogen) atoms. The largest absolute Gasteiger partial charge is 0.297 e. The van der Waals surface area contributed by atoms with Crippen LogP contribution in [-0.2, 0) is 0 Å². The molecule has 0 N–H and O–H groups in total. The molecule has 1 aliphatic carbocycles. The fourth-order valence-electron chi connectivity index (χ4n) is 1.82. The van der Waals surface area contributed by atoms with Gasteiger partial charge < -0.3 is 0 Å². The van der Waals surface area contributed by atoms with Gasteiger partial charge in [-0.25, -0.2) is 4.39 Å². The lowest BCUT2D eigenvalue weighted by Gasteiger charge is -2.32. The Bertz CT molecular complexity index is 144. The summed E-state index contributed by atoms with van der Waals surface area (Å²) in [6.07, 6.45) is 3.10. The number of hydrogen-bond acceptors (Lipinski definition) is 1. The third kappa shape index (κ3) is 1.56. The van der Waals surface area contributed by atoms with Crippen molar-refractivity contribution in [2.24, 2.45) is 5.92 Å². The monoisotopic (exact) mass is 157 g/mol. The first-order valence-corrected chi connectivity index (χ1v) is 4.65. The maximum atomic E-state index is 13.2. The Morgan fingerprint density at radius 3 is 2.55 bits per heavy atom. The van der Waals surface area contributed by atoms with Gasteiger partial charge >= 0.3 is 0 Å². The highest BCUT2D eigenvalue weighted by atomic mass is 19.1. The first-order valence-electron chi connectivity index (χ1n) is 4.65. The maximum absolute atomic E-state index is 13.2. The van der Waals surface area contributed by atoms with Crippen molar-refractivity contribution in [3.63, 3.8) is 0 Å². The van der Waals surface area contributed by atoms with E-state index in [9.17, 15) is 4.39 Å². The molecule has 2 fully saturated rings. The molecular weight excluding hydrogens is 141 g/mol. The summed E-state index contributed by atoms with van der Waals surface area (Å²) in [5.41, 5.74) is 0. The van der Waals surface area contributed by atoms with Gasteiger partial charge in [-0.3, -0.25) is 4.90 Å². The second-order valence-electron chi connectivity index (χ2n) is 4.01. The molecule has 64 valence electrons. The number of alkyl halides is 1. The SMILES string of the molecule is C[C@H]1CCN(C2CC2)C[C@H]1F. The molecule has 1 nitrogen and oxygen atoms in total. The molecule has 2 atom stereocenters. The summed E-state index contributed by atoms with van der Waals surface area (Å²) in [7, 11) is 0. The van der Waals surface area contributed by atoms with Crippen LogP contribution >= 0.6 is 0 Å². The van der Waals surface area contributed by atoms with Crippen LogP contribution in [0.4, 0.5) is 4.39 Å². The summed E-state index contributed by atoms with van der Waals surface area (Å²) in [6, 6.07) is 0.751. The van der Waals surface area contributed by atoms with Crippen molar-refractivity contribution in [2.45, 2.75) is 38.4 Å². The van der Waals surface area contributed by atoms with Gasteiger partial charge in [-0.05, 0) is 31.7 Å². The van der Waals surface area contributed by atoms with E-state index in [-0.39, 0.29) is 0 Å². The van der Waals surface area contributed by atoms with Gasteiger partial charge in [0.25, 0.3) is 0 Å². The van der Waals surface area contributed by atoms with Gasteiger partial charge in [-0.2, -0.15) is 0 Å². The Morgan fingerprint density at radius 1 is 1.27 bits per heavy atom. The van der Waals surface area contributed by atoms with E-state index in [4.69, 9.17) is 0 Å². The summed E-state index contributed by atoms with van der Waals surface area (Å²) in [4.78, 5) is 2.32. The summed E-state index contributed by atoms with van der Waals surface area (Å²) < 4.78 is 13.2. The smallest absolute Gasteiger partial charge is 0.115 e. The van der Waals surface area contributed by atoms with Gasteiger partial charge in [0, 0.05) is 12.6 Å². The Morgan fingerprint density at radius 2 is 2.00 bits per heavy atom. The normalized spacial score (nSPS) is 40.9. The van der Waals surface area contributed by atoms with Crippen LogP contribution in [0.25, 0.3) is 0 Å². The topological polar surface area (TPSA) is 3.24 Å². The van der Waals surface area contributed by atoms with E-state index in [2.05, 4.69) is 4.90 Å². The van der Waals surface area contributed by atoms with E-state index >= 15 is 0 Å². The maximum Gasteiger partial charge on any atom is 0.115 e. The van der Waals surface area contributed by atoms with Gasteiger partial charge in [0.1, 0.15) is 6.17 Å². The minimum Gasteiger partial charge on any atom is -0.297 e. The van der Waals surface area contributed by atoms with E-state index in [1.165, 1.54) is 12.8 Å². The molecule has 1 heterocycles. The highest BCUT2D eigenvalue weighted by Crippen LogP contribution is 2.31. The van der Waals surface area contributed by atoms with Crippen molar-refractivity contribution >= 4 is 0 Å². The van der Waals surface area contributed by atoms with Gasteiger partial charge in [0.15, 0.2) is 0 Å². The van der Waals surface area contributed by atoms with E-state index in [0.29, 0.717) is 12.5 Å². The van der Waals surface area contributed by atoms with Crippen molar-refractivity contribution in [2.75, 3.05) is 13.1 Å². The van der Waals surface area contributed by atoms with Gasteiger partial charge in [0.2, 0.25) is 0 Å². The fraction of sp³-hybridized carbons (Fsp3) is 1.00. The number of hydrogen-bond donors (Lipinski definition) is 0. The van der Waals surface area contributed by atoms with Crippen LogP contribution < -0.4 is 0 Å². The van der Waals surface area contributed by atoms with Crippen molar-refractivity contribution in [3.05, 3.63) is 0 Å². The molecule has 0 aromatic carbocycles. The molecule has 1 saturated carbocycles. The van der Waals surface area contributed by atoms with E-state index in [1.54, 1.807) is 0 Å². The molecule has 0 amide bonds. The zero-order valence-corrected chi connectivity index (χ0v) is 7.09. The summed E-state index contributed by atoms with van der Waals surface area (Å²) >= 11 is 0. The number of rotatable bonds is 1. The van der Waals surface area contributed by atoms with Crippen molar-refractivity contribution in [1.82, 2.24) is 4.90 Å². The molecule has 0 unspecified atom stereocenters. The standard InChI is InChI=1S/C9H16FN/c1-7-4-5-11(6-9(7)10)8-2-3-8/h7-9H,2-6H2,1H3/t7-,9+/m0/s1. The first-order chi connectivity index (χ1) is 5.27. The molecule has 2 rings (SSSR count). The van der Waals surface area contributed by atoms with Crippen LogP contribution in [0, 0.1) is 5.92 Å². The quantitative estimate of drug-likeness (QED) is 0.561. The van der Waals surface area contributed by atoms with Gasteiger partial charge in [-0.1, -0.05) is 6.92 Å². The second kappa shape index (κ2) is 2.74. The zero-order chi connectivity index (χ0) is 7.84. The Kier molecular flexibility index (Phi) is 1.88. The highest BCUT2D eigenvalue weighted by molar-refractivity contribution is 4.89. The fourth-order valence-corrected chi connectivity index (χ4v) is 1.82. The molecule has 0 aromatic rings. The predicted octanol–water partition coefficient (Wildman–Crippen LogP) is 1.83. The number of likely N-dealkylation sites (tertiary alicyclic amines) is 1. The minimum absolute atomic E-state index is 0.296. The number of piperidine rings is 1. The van der Waals surface area contributed by atoms with Crippen molar-refractivity contribution < 1.29 is 4.39 Å². The summed E-state index contributed by atoms with van der Waals surface area (Å²) in [5.74, 6) is 0.296. The number of halogens is 1. The first kappa shape index (κ1) is 7.53. The average Bonchev–Trinajstić information content (AvgIpc) is 2.77. The predicted molar refractivity (Wildman–Crippen MR) is 43.3 cm³/mol. The third-order valence-electron chi connectivity index (χ3n) is 2.96. The van der Waals surface area contributed by atoms with Gasteiger partial charge in [-0.15, -0.1) is 0 Å². The van der Waals surface area contributed by atoms with Crippen LogP contribution in [0.3, 0.4) is 0 Å². The van der Waals surface area contributed by atoms with Crippen LogP contribution in [0.15, 0.2) is 0 Å². The lowest BCUT2D eigenvalue weighted by atomic mass is 9.97. The summed E-state index contributed by atoms with van der Waals surface area (Å²) in [6.45, 7) is 3.85. The lowest BCUT2D eigenvalue weighted by Crippen LogP contribution is -2.41. The van der Waals surface area contributed by atoms with E-state index < -0.39 is 6.17 Å². The van der Waals surface area contributed by atoms with Crippen molar-refractivity contribution in [3.8, 4) is 0 Å². The van der Waals surface area contributed by atoms with E-state index in [0.717, 1.165) is 19.0 Å². The van der Waals surface area contributed by atoms with Crippen LogP contribution in [-0.4, -0.2) is 30.2 Å². The van der Waals surface area contributed by atoms with Crippen LogP contribution in [0.5, 0.6) is 0 Å². The Hall–Kier alpha value is -0.110. The average molecular weight is 157 g/mol. The van der Waals surface area contributed by atoms with Crippen molar-refractivity contribution in [1.29, 1.82) is 0 Å². The molecule has 1 aliphatic heterocycles. The lowest BCUT2D eigenvalue weighted by molar-refractivity contribution is 0.0882.